The van der Waals surface area contributed by atoms with Crippen LogP contribution in [0.5, 0.6) is 0 Å². The fourth-order valence-corrected chi connectivity index (χ4v) is 3.88. The van der Waals surface area contributed by atoms with Gasteiger partial charge in [-0.25, -0.2) is 13.2 Å². The van der Waals surface area contributed by atoms with Gasteiger partial charge >= 0.3 is 6.03 Å². The molecule has 1 saturated heterocycles. The number of nitrogens with zero attached hydrogens (tertiary/aromatic N) is 1. The van der Waals surface area contributed by atoms with Crippen LogP contribution in [0.1, 0.15) is 23.8 Å². The summed E-state index contributed by atoms with van der Waals surface area (Å²) >= 11 is 1.70. The van der Waals surface area contributed by atoms with E-state index >= 15 is 0 Å². The van der Waals surface area contributed by atoms with Gasteiger partial charge in [0, 0.05) is 24.2 Å². The monoisotopic (exact) mass is 345 g/mol. The second kappa shape index (κ2) is 7.94. The first-order valence-corrected chi connectivity index (χ1v) is 10.4. The minimum Gasteiger partial charge on any atom is -0.337 e. The van der Waals surface area contributed by atoms with Gasteiger partial charge in [-0.3, -0.25) is 4.90 Å². The third-order valence-corrected chi connectivity index (χ3v) is 5.59. The Hall–Kier alpha value is -1.12. The summed E-state index contributed by atoms with van der Waals surface area (Å²) in [6.07, 6.45) is 3.55. The second-order valence-electron chi connectivity index (χ2n) is 5.54. The molecule has 2 heterocycles. The lowest BCUT2D eigenvalue weighted by molar-refractivity contribution is 0.223. The van der Waals surface area contributed by atoms with Gasteiger partial charge < -0.3 is 10.6 Å². The van der Waals surface area contributed by atoms with Crippen LogP contribution in [0.15, 0.2) is 17.5 Å². The van der Waals surface area contributed by atoms with E-state index in [1.807, 2.05) is 11.4 Å². The van der Waals surface area contributed by atoms with Crippen molar-refractivity contribution in [2.24, 2.45) is 0 Å². The Morgan fingerprint density at radius 3 is 2.68 bits per heavy atom. The van der Waals surface area contributed by atoms with Crippen LogP contribution in [0.3, 0.4) is 0 Å². The first-order valence-electron chi connectivity index (χ1n) is 7.42. The highest BCUT2D eigenvalue weighted by Crippen LogP contribution is 2.27. The van der Waals surface area contributed by atoms with E-state index in [1.165, 1.54) is 17.7 Å². The molecular formula is C14H23N3O3S2. The lowest BCUT2D eigenvalue weighted by atomic mass is 10.2. The molecule has 0 unspecified atom stereocenters. The third kappa shape index (κ3) is 5.58. The summed E-state index contributed by atoms with van der Waals surface area (Å²) in [6, 6.07) is 4.00. The Labute approximate surface area is 135 Å². The summed E-state index contributed by atoms with van der Waals surface area (Å²) in [6.45, 7) is 2.78. The number of sulfone groups is 1. The number of hydrogen-bond acceptors (Lipinski definition) is 5. The van der Waals surface area contributed by atoms with Crippen LogP contribution < -0.4 is 10.6 Å². The number of carbonyl (C=O) groups excluding carboxylic acids is 1. The van der Waals surface area contributed by atoms with Gasteiger partial charge in [-0.1, -0.05) is 6.07 Å². The first kappa shape index (κ1) is 17.2. The Bertz CT molecular complexity index is 566. The van der Waals surface area contributed by atoms with Crippen LogP contribution in [0.25, 0.3) is 0 Å². The second-order valence-corrected chi connectivity index (χ2v) is 8.78. The molecule has 22 heavy (non-hydrogen) atoms. The van der Waals surface area contributed by atoms with E-state index in [0.29, 0.717) is 6.54 Å². The molecule has 1 aromatic heterocycles. The predicted molar refractivity (Wildman–Crippen MR) is 89.0 cm³/mol. The van der Waals surface area contributed by atoms with E-state index in [1.54, 1.807) is 11.3 Å². The molecule has 2 N–H and O–H groups in total. The predicted octanol–water partition coefficient (Wildman–Crippen LogP) is 1.23. The lowest BCUT2D eigenvalue weighted by Crippen LogP contribution is -2.42. The molecule has 0 aliphatic carbocycles. The minimum absolute atomic E-state index is 0.0408. The maximum absolute atomic E-state index is 11.8. The summed E-state index contributed by atoms with van der Waals surface area (Å²) in [5.74, 6) is -0.0408. The highest BCUT2D eigenvalue weighted by atomic mass is 32.2. The fourth-order valence-electron chi connectivity index (χ4n) is 2.55. The van der Waals surface area contributed by atoms with Crippen molar-refractivity contribution in [2.75, 3.05) is 38.2 Å². The molecule has 0 bridgehead atoms. The van der Waals surface area contributed by atoms with E-state index in [9.17, 15) is 13.2 Å². The number of urea groups is 1. The summed E-state index contributed by atoms with van der Waals surface area (Å²) < 4.78 is 22.1. The van der Waals surface area contributed by atoms with Crippen molar-refractivity contribution in [3.8, 4) is 0 Å². The summed E-state index contributed by atoms with van der Waals surface area (Å²) in [5.41, 5.74) is 0. The van der Waals surface area contributed by atoms with Crippen molar-refractivity contribution in [2.45, 2.75) is 18.9 Å². The van der Waals surface area contributed by atoms with Crippen molar-refractivity contribution in [1.82, 2.24) is 15.5 Å². The summed E-state index contributed by atoms with van der Waals surface area (Å²) in [5, 5.41) is 7.49. The van der Waals surface area contributed by atoms with Crippen LogP contribution in [-0.2, 0) is 9.84 Å². The number of carbonyl (C=O) groups is 1. The van der Waals surface area contributed by atoms with Gasteiger partial charge in [0.1, 0.15) is 9.84 Å². The van der Waals surface area contributed by atoms with Crippen molar-refractivity contribution in [1.29, 1.82) is 0 Å². The zero-order chi connectivity index (χ0) is 16.0. The van der Waals surface area contributed by atoms with Crippen LogP contribution in [0, 0.1) is 0 Å². The maximum Gasteiger partial charge on any atom is 0.314 e. The standard InChI is InChI=1S/C14H23N3O3S2/c1-22(19,20)10-6-15-14(18)16-11-12(13-5-4-9-21-13)17-7-2-3-8-17/h4-5,9,12H,2-3,6-8,10-11H2,1H3,(H2,15,16,18)/t12-/m0/s1. The van der Waals surface area contributed by atoms with Crippen molar-refractivity contribution in [3.63, 3.8) is 0 Å². The number of hydrogen-bond donors (Lipinski definition) is 2. The molecule has 2 amide bonds. The van der Waals surface area contributed by atoms with Crippen LogP contribution in [-0.4, -0.2) is 57.5 Å². The molecule has 124 valence electrons. The molecule has 6 nitrogen and oxygen atoms in total. The molecule has 0 aromatic carbocycles. The number of thiophene rings is 1. The Kier molecular flexibility index (Phi) is 6.22. The van der Waals surface area contributed by atoms with E-state index in [0.717, 1.165) is 19.3 Å². The minimum atomic E-state index is -3.05. The summed E-state index contributed by atoms with van der Waals surface area (Å²) in [7, 11) is -3.05. The number of nitrogens with one attached hydrogen (secondary N) is 2. The Morgan fingerprint density at radius 1 is 1.36 bits per heavy atom. The normalized spacial score (nSPS) is 17.3. The molecule has 1 fully saturated rings. The zero-order valence-corrected chi connectivity index (χ0v) is 14.4. The molecule has 1 aliphatic heterocycles. The maximum atomic E-state index is 11.8. The van der Waals surface area contributed by atoms with Gasteiger partial charge in [0.25, 0.3) is 0 Å². The topological polar surface area (TPSA) is 78.5 Å². The van der Waals surface area contributed by atoms with E-state index < -0.39 is 9.84 Å². The molecule has 0 saturated carbocycles. The number of rotatable bonds is 7. The van der Waals surface area contributed by atoms with E-state index in [4.69, 9.17) is 0 Å². The fraction of sp³-hybridized carbons (Fsp3) is 0.643. The molecular weight excluding hydrogens is 322 g/mol. The molecule has 0 spiro atoms. The summed E-state index contributed by atoms with van der Waals surface area (Å²) in [4.78, 5) is 15.4. The molecule has 0 radical (unpaired) electrons. The van der Waals surface area contributed by atoms with Gasteiger partial charge in [0.15, 0.2) is 0 Å². The van der Waals surface area contributed by atoms with Gasteiger partial charge in [-0.15, -0.1) is 11.3 Å². The van der Waals surface area contributed by atoms with Crippen LogP contribution in [0.2, 0.25) is 0 Å². The van der Waals surface area contributed by atoms with Crippen LogP contribution in [0.4, 0.5) is 4.79 Å². The highest BCUT2D eigenvalue weighted by molar-refractivity contribution is 7.90. The van der Waals surface area contributed by atoms with Crippen molar-refractivity contribution < 1.29 is 13.2 Å². The first-order chi connectivity index (χ1) is 10.5. The van der Waals surface area contributed by atoms with Gasteiger partial charge in [-0.2, -0.15) is 0 Å². The molecule has 1 atom stereocenters. The van der Waals surface area contributed by atoms with E-state index in [2.05, 4.69) is 21.6 Å². The van der Waals surface area contributed by atoms with Crippen LogP contribution >= 0.6 is 11.3 Å². The smallest absolute Gasteiger partial charge is 0.314 e. The molecule has 2 rings (SSSR count). The highest BCUT2D eigenvalue weighted by Gasteiger charge is 2.24. The lowest BCUT2D eigenvalue weighted by Gasteiger charge is -2.26. The number of amides is 2. The average Bonchev–Trinajstić information content (AvgIpc) is 3.10. The average molecular weight is 345 g/mol. The molecule has 1 aromatic rings. The SMILES string of the molecule is CS(=O)(=O)CCNC(=O)NC[C@@H](c1cccs1)N1CCCC1. The van der Waals surface area contributed by atoms with E-state index in [-0.39, 0.29) is 24.4 Å². The largest absolute Gasteiger partial charge is 0.337 e. The molecule has 8 heteroatoms. The zero-order valence-electron chi connectivity index (χ0n) is 12.7. The Balaban J connectivity index is 1.82. The van der Waals surface area contributed by atoms with Gasteiger partial charge in [-0.05, 0) is 37.4 Å². The number of likely N-dealkylation sites (tertiary alicyclic amines) is 1. The van der Waals surface area contributed by atoms with Gasteiger partial charge in [0.2, 0.25) is 0 Å². The van der Waals surface area contributed by atoms with Gasteiger partial charge in [0.05, 0.1) is 11.8 Å². The van der Waals surface area contributed by atoms with Crippen molar-refractivity contribution >= 4 is 27.2 Å². The Morgan fingerprint density at radius 2 is 2.09 bits per heavy atom. The quantitative estimate of drug-likeness (QED) is 0.779. The third-order valence-electron chi connectivity index (χ3n) is 3.67. The molecule has 1 aliphatic rings. The van der Waals surface area contributed by atoms with Crippen molar-refractivity contribution in [3.05, 3.63) is 22.4 Å².